The summed E-state index contributed by atoms with van der Waals surface area (Å²) in [5.74, 6) is 0.780. The van der Waals surface area contributed by atoms with Gasteiger partial charge in [-0.3, -0.25) is 9.69 Å². The Bertz CT molecular complexity index is 827. The molecule has 1 saturated carbocycles. The Labute approximate surface area is 178 Å². The Morgan fingerprint density at radius 3 is 2.69 bits per heavy atom. The molecule has 1 aromatic heterocycles. The monoisotopic (exact) mass is 408 g/mol. The summed E-state index contributed by atoms with van der Waals surface area (Å²) in [4.78, 5) is 17.9. The second kappa shape index (κ2) is 8.61. The first-order chi connectivity index (χ1) is 14.3. The van der Waals surface area contributed by atoms with Crippen LogP contribution in [-0.2, 0) is 11.2 Å². The summed E-state index contributed by atoms with van der Waals surface area (Å²) in [5.41, 5.74) is 2.63. The molecule has 1 aliphatic carbocycles. The number of thiophene rings is 1. The maximum atomic E-state index is 13.9. The van der Waals surface area contributed by atoms with Crippen LogP contribution in [-0.4, -0.2) is 29.3 Å². The number of para-hydroxylation sites is 1. The highest BCUT2D eigenvalue weighted by Gasteiger charge is 2.43. The number of hydrogen-bond donors (Lipinski definition) is 1. The third kappa shape index (κ3) is 3.89. The number of anilines is 1. The van der Waals surface area contributed by atoms with E-state index in [1.165, 1.54) is 48.2 Å². The first-order valence-electron chi connectivity index (χ1n) is 11.5. The molecular weight excluding hydrogens is 376 g/mol. The topological polar surface area (TPSA) is 32.3 Å². The van der Waals surface area contributed by atoms with Gasteiger partial charge in [0, 0.05) is 28.6 Å². The zero-order chi connectivity index (χ0) is 19.6. The van der Waals surface area contributed by atoms with E-state index >= 15 is 0 Å². The molecule has 3 heterocycles. The summed E-state index contributed by atoms with van der Waals surface area (Å²) in [5, 5.41) is 5.98. The number of nitrogens with one attached hydrogen (secondary N) is 1. The largest absolute Gasteiger partial charge is 0.380 e. The number of likely N-dealkylation sites (tertiary alicyclic amines) is 1. The smallest absolute Gasteiger partial charge is 0.155 e. The van der Waals surface area contributed by atoms with Gasteiger partial charge >= 0.3 is 0 Å². The zero-order valence-electron chi connectivity index (χ0n) is 17.2. The molecule has 0 bridgehead atoms. The summed E-state index contributed by atoms with van der Waals surface area (Å²) in [7, 11) is 0. The van der Waals surface area contributed by atoms with Gasteiger partial charge < -0.3 is 5.32 Å². The van der Waals surface area contributed by atoms with Crippen molar-refractivity contribution in [3.8, 4) is 0 Å². The van der Waals surface area contributed by atoms with Crippen molar-refractivity contribution in [1.29, 1.82) is 0 Å². The molecule has 3 unspecified atom stereocenters. The standard InChI is InChI=1S/C25H32N2OS/c28-25(19-9-2-1-3-10-19)24(21-15-14-18-8-4-5-11-20(18)26-21)27-16-6-12-22(27)23-13-7-17-29-23/h4-5,7-8,11,13,17,19,21-22,24,26H,1-3,6,9-10,12,14-16H2. The van der Waals surface area contributed by atoms with Crippen LogP contribution >= 0.6 is 11.3 Å². The third-order valence-electron chi connectivity index (χ3n) is 7.29. The van der Waals surface area contributed by atoms with Crippen molar-refractivity contribution in [3.63, 3.8) is 0 Å². The van der Waals surface area contributed by atoms with Gasteiger partial charge in [0.25, 0.3) is 0 Å². The lowest BCUT2D eigenvalue weighted by atomic mass is 9.80. The average Bonchev–Trinajstić information content (AvgIpc) is 3.46. The Hall–Kier alpha value is -1.65. The van der Waals surface area contributed by atoms with Gasteiger partial charge in [0.15, 0.2) is 5.78 Å². The number of fused-ring (bicyclic) bond motifs is 1. The third-order valence-corrected chi connectivity index (χ3v) is 8.26. The minimum absolute atomic E-state index is 0.000978. The lowest BCUT2D eigenvalue weighted by Crippen LogP contribution is -2.54. The summed E-state index contributed by atoms with van der Waals surface area (Å²) < 4.78 is 0. The molecule has 0 amide bonds. The second-order valence-corrected chi connectivity index (χ2v) is 10.0. The Morgan fingerprint density at radius 2 is 1.86 bits per heavy atom. The first kappa shape index (κ1) is 19.3. The summed E-state index contributed by atoms with van der Waals surface area (Å²) in [6.45, 7) is 1.05. The lowest BCUT2D eigenvalue weighted by Gasteiger charge is -2.41. The maximum absolute atomic E-state index is 13.9. The van der Waals surface area contributed by atoms with Crippen LogP contribution in [0.1, 0.15) is 67.8 Å². The number of rotatable bonds is 5. The van der Waals surface area contributed by atoms with Gasteiger partial charge in [0.1, 0.15) is 0 Å². The molecule has 4 heteroatoms. The predicted molar refractivity (Wildman–Crippen MR) is 121 cm³/mol. The molecule has 1 N–H and O–H groups in total. The average molecular weight is 409 g/mol. The number of Topliss-reactive ketones (excluding diaryl/α,β-unsaturated/α-hetero) is 1. The van der Waals surface area contributed by atoms with E-state index in [0.29, 0.717) is 11.8 Å². The van der Waals surface area contributed by atoms with E-state index in [9.17, 15) is 4.79 Å². The number of carbonyl (C=O) groups excluding carboxylic acids is 1. The van der Waals surface area contributed by atoms with Gasteiger partial charge in [0.2, 0.25) is 0 Å². The first-order valence-corrected chi connectivity index (χ1v) is 12.4. The fourth-order valence-electron chi connectivity index (χ4n) is 5.83. The zero-order valence-corrected chi connectivity index (χ0v) is 18.0. The Balaban J connectivity index is 1.45. The van der Waals surface area contributed by atoms with Gasteiger partial charge in [-0.2, -0.15) is 0 Å². The molecular formula is C25H32N2OS. The molecule has 2 aromatic rings. The van der Waals surface area contributed by atoms with E-state index in [1.807, 2.05) is 11.3 Å². The minimum atomic E-state index is 0.000978. The van der Waals surface area contributed by atoms with Gasteiger partial charge in [-0.15, -0.1) is 11.3 Å². The fourth-order valence-corrected chi connectivity index (χ4v) is 6.71. The highest BCUT2D eigenvalue weighted by atomic mass is 32.1. The van der Waals surface area contributed by atoms with Crippen molar-refractivity contribution in [1.82, 2.24) is 4.90 Å². The molecule has 3 nitrogen and oxygen atoms in total. The van der Waals surface area contributed by atoms with Crippen LogP contribution in [0.15, 0.2) is 41.8 Å². The molecule has 29 heavy (non-hydrogen) atoms. The summed E-state index contributed by atoms with van der Waals surface area (Å²) >= 11 is 1.85. The normalized spacial score (nSPS) is 26.6. The van der Waals surface area contributed by atoms with Crippen LogP contribution in [0.25, 0.3) is 0 Å². The maximum Gasteiger partial charge on any atom is 0.155 e. The van der Waals surface area contributed by atoms with E-state index < -0.39 is 0 Å². The van der Waals surface area contributed by atoms with Crippen LogP contribution in [0.5, 0.6) is 0 Å². The van der Waals surface area contributed by atoms with Gasteiger partial charge in [-0.05, 0) is 68.1 Å². The SMILES string of the molecule is O=C(C1CCCCC1)C(C1CCc2ccccc2N1)N1CCCC1c1cccs1. The van der Waals surface area contributed by atoms with E-state index in [4.69, 9.17) is 0 Å². The Morgan fingerprint density at radius 1 is 1.00 bits per heavy atom. The van der Waals surface area contributed by atoms with Crippen molar-refractivity contribution < 1.29 is 4.79 Å². The number of hydrogen-bond acceptors (Lipinski definition) is 4. The van der Waals surface area contributed by atoms with Crippen molar-refractivity contribution >= 4 is 22.8 Å². The summed E-state index contributed by atoms with van der Waals surface area (Å²) in [6, 6.07) is 13.7. The molecule has 3 atom stereocenters. The van der Waals surface area contributed by atoms with Crippen molar-refractivity contribution in [2.24, 2.45) is 5.92 Å². The lowest BCUT2D eigenvalue weighted by molar-refractivity contribution is -0.130. The molecule has 2 aliphatic heterocycles. The summed E-state index contributed by atoms with van der Waals surface area (Å²) in [6.07, 6.45) is 10.4. The van der Waals surface area contributed by atoms with Crippen LogP contribution < -0.4 is 5.32 Å². The van der Waals surface area contributed by atoms with Gasteiger partial charge in [-0.25, -0.2) is 0 Å². The quantitative estimate of drug-likeness (QED) is 0.675. The molecule has 154 valence electrons. The minimum Gasteiger partial charge on any atom is -0.380 e. The van der Waals surface area contributed by atoms with Crippen LogP contribution in [0.4, 0.5) is 5.69 Å². The van der Waals surface area contributed by atoms with Crippen LogP contribution in [0.3, 0.4) is 0 Å². The van der Waals surface area contributed by atoms with Crippen molar-refractivity contribution in [2.75, 3.05) is 11.9 Å². The number of carbonyl (C=O) groups is 1. The van der Waals surface area contributed by atoms with E-state index in [-0.39, 0.29) is 18.0 Å². The predicted octanol–water partition coefficient (Wildman–Crippen LogP) is 5.83. The van der Waals surface area contributed by atoms with Crippen LogP contribution in [0.2, 0.25) is 0 Å². The number of aryl methyl sites for hydroxylation is 1. The van der Waals surface area contributed by atoms with Gasteiger partial charge in [-0.1, -0.05) is 43.5 Å². The fraction of sp³-hybridized carbons (Fsp3) is 0.560. The number of benzene rings is 1. The highest BCUT2D eigenvalue weighted by molar-refractivity contribution is 7.10. The molecule has 0 radical (unpaired) electrons. The second-order valence-electron chi connectivity index (χ2n) is 9.04. The molecule has 2 fully saturated rings. The molecule has 0 spiro atoms. The highest BCUT2D eigenvalue weighted by Crippen LogP contribution is 2.40. The van der Waals surface area contributed by atoms with E-state index in [0.717, 1.165) is 32.2 Å². The molecule has 1 saturated heterocycles. The van der Waals surface area contributed by atoms with Crippen molar-refractivity contribution in [3.05, 3.63) is 52.2 Å². The number of ketones is 1. The van der Waals surface area contributed by atoms with E-state index in [2.05, 4.69) is 52.0 Å². The van der Waals surface area contributed by atoms with Crippen molar-refractivity contribution in [2.45, 2.75) is 75.9 Å². The van der Waals surface area contributed by atoms with Gasteiger partial charge in [0.05, 0.1) is 6.04 Å². The van der Waals surface area contributed by atoms with Crippen LogP contribution in [0, 0.1) is 5.92 Å². The van der Waals surface area contributed by atoms with E-state index in [1.54, 1.807) is 0 Å². The Kier molecular flexibility index (Phi) is 5.74. The number of nitrogens with zero attached hydrogens (tertiary/aromatic N) is 1. The molecule has 3 aliphatic rings. The molecule has 1 aromatic carbocycles. The molecule has 5 rings (SSSR count).